The summed E-state index contributed by atoms with van der Waals surface area (Å²) in [5.74, 6) is -1.91. The van der Waals surface area contributed by atoms with Crippen molar-refractivity contribution < 1.29 is 19.1 Å². The molecule has 154 valence electrons. The van der Waals surface area contributed by atoms with Gasteiger partial charge in [-0.25, -0.2) is 14.3 Å². The molecule has 0 radical (unpaired) electrons. The Morgan fingerprint density at radius 2 is 1.76 bits per heavy atom. The number of rotatable bonds is 5. The summed E-state index contributed by atoms with van der Waals surface area (Å²) in [7, 11) is 0. The molecule has 0 fully saturated rings. The Balaban J connectivity index is 2.19. The van der Waals surface area contributed by atoms with Gasteiger partial charge in [-0.15, -0.1) is 0 Å². The van der Waals surface area contributed by atoms with E-state index in [4.69, 9.17) is 16.3 Å². The predicted octanol–water partition coefficient (Wildman–Crippen LogP) is 1.97. The van der Waals surface area contributed by atoms with E-state index in [-0.39, 0.29) is 6.04 Å². The molecule has 3 amide bonds. The number of urea groups is 1. The number of benzene rings is 1. The highest BCUT2D eigenvalue weighted by Crippen LogP contribution is 2.14. The van der Waals surface area contributed by atoms with E-state index >= 15 is 0 Å². The van der Waals surface area contributed by atoms with Gasteiger partial charge in [0.15, 0.2) is 6.10 Å². The van der Waals surface area contributed by atoms with Crippen molar-refractivity contribution in [1.29, 1.82) is 0 Å². The minimum absolute atomic E-state index is 0.177. The number of nitrogens with zero attached hydrogens (tertiary/aromatic N) is 2. The zero-order chi connectivity index (χ0) is 21.7. The highest BCUT2D eigenvalue weighted by molar-refractivity contribution is 6.30. The molecule has 1 aromatic heterocycles. The molecule has 2 aromatic rings. The summed E-state index contributed by atoms with van der Waals surface area (Å²) in [5.41, 5.74) is -0.0678. The van der Waals surface area contributed by atoms with Crippen LogP contribution in [0.1, 0.15) is 37.0 Å². The second kappa shape index (κ2) is 9.33. The van der Waals surface area contributed by atoms with Crippen LogP contribution in [0.15, 0.2) is 35.1 Å². The maximum absolute atomic E-state index is 12.4. The van der Waals surface area contributed by atoms with Crippen molar-refractivity contribution >= 4 is 29.5 Å². The van der Waals surface area contributed by atoms with Crippen LogP contribution in [0.25, 0.3) is 5.69 Å². The van der Waals surface area contributed by atoms with Crippen molar-refractivity contribution in [2.24, 2.45) is 0 Å². The van der Waals surface area contributed by atoms with Gasteiger partial charge in [0.25, 0.3) is 5.91 Å². The molecular weight excluding hydrogens is 400 g/mol. The lowest BCUT2D eigenvalue weighted by Gasteiger charge is -2.15. The van der Waals surface area contributed by atoms with Crippen LogP contribution < -0.4 is 16.1 Å². The Kier molecular flexibility index (Phi) is 7.11. The lowest BCUT2D eigenvalue weighted by molar-refractivity contribution is -0.127. The van der Waals surface area contributed by atoms with E-state index in [2.05, 4.69) is 15.7 Å². The van der Waals surface area contributed by atoms with Crippen molar-refractivity contribution in [2.45, 2.75) is 39.8 Å². The molecule has 29 heavy (non-hydrogen) atoms. The number of halogens is 1. The first-order valence-corrected chi connectivity index (χ1v) is 9.15. The molecule has 2 rings (SSSR count). The standard InChI is InChI=1S/C19H21ClN4O5/c1-10(2)21-19(28)22-17(26)12(4)29-18(27)16-15(25)9-11(3)24(23-16)14-7-5-13(20)6-8-14/h5-10,12H,1-4H3,(H2,21,22,26,28). The van der Waals surface area contributed by atoms with Gasteiger partial charge in [0.2, 0.25) is 11.1 Å². The molecule has 0 saturated heterocycles. The Morgan fingerprint density at radius 1 is 1.14 bits per heavy atom. The van der Waals surface area contributed by atoms with Gasteiger partial charge in [0, 0.05) is 22.8 Å². The second-order valence-corrected chi connectivity index (χ2v) is 6.99. The van der Waals surface area contributed by atoms with Crippen molar-refractivity contribution in [2.75, 3.05) is 0 Å². The van der Waals surface area contributed by atoms with Gasteiger partial charge in [-0.3, -0.25) is 14.9 Å². The van der Waals surface area contributed by atoms with Gasteiger partial charge in [0.05, 0.1) is 5.69 Å². The third kappa shape index (κ3) is 5.89. The third-order valence-corrected chi connectivity index (χ3v) is 3.93. The van der Waals surface area contributed by atoms with Crippen molar-refractivity contribution in [3.05, 3.63) is 57.0 Å². The molecule has 0 aliphatic rings. The molecule has 0 bridgehead atoms. The average molecular weight is 421 g/mol. The molecule has 1 aromatic carbocycles. The van der Waals surface area contributed by atoms with Crippen LogP contribution in [0.5, 0.6) is 0 Å². The van der Waals surface area contributed by atoms with Gasteiger partial charge in [-0.1, -0.05) is 11.6 Å². The Morgan fingerprint density at radius 3 is 2.34 bits per heavy atom. The van der Waals surface area contributed by atoms with Crippen LogP contribution in [0, 0.1) is 6.92 Å². The number of nitrogens with one attached hydrogen (secondary N) is 2. The summed E-state index contributed by atoms with van der Waals surface area (Å²) in [4.78, 5) is 48.2. The number of aromatic nitrogens is 2. The maximum atomic E-state index is 12.4. The summed E-state index contributed by atoms with van der Waals surface area (Å²) in [5, 5.41) is 9.11. The van der Waals surface area contributed by atoms with Crippen LogP contribution in [0.4, 0.5) is 4.79 Å². The van der Waals surface area contributed by atoms with Crippen LogP contribution >= 0.6 is 11.6 Å². The summed E-state index contributed by atoms with van der Waals surface area (Å²) < 4.78 is 6.39. The van der Waals surface area contributed by atoms with E-state index in [9.17, 15) is 19.2 Å². The molecule has 0 aliphatic carbocycles. The van der Waals surface area contributed by atoms with Crippen LogP contribution in [-0.2, 0) is 9.53 Å². The summed E-state index contributed by atoms with van der Waals surface area (Å²) in [6, 6.07) is 6.97. The lowest BCUT2D eigenvalue weighted by Crippen LogP contribution is -2.46. The lowest BCUT2D eigenvalue weighted by atomic mass is 10.3. The number of amides is 3. The fourth-order valence-electron chi connectivity index (χ4n) is 2.31. The summed E-state index contributed by atoms with van der Waals surface area (Å²) in [6.07, 6.45) is -1.31. The van der Waals surface area contributed by atoms with Gasteiger partial charge in [-0.2, -0.15) is 5.10 Å². The molecule has 2 N–H and O–H groups in total. The summed E-state index contributed by atoms with van der Waals surface area (Å²) >= 11 is 5.88. The van der Waals surface area contributed by atoms with E-state index in [1.807, 2.05) is 0 Å². The predicted molar refractivity (Wildman–Crippen MR) is 106 cm³/mol. The quantitative estimate of drug-likeness (QED) is 0.713. The Labute approximate surface area is 172 Å². The van der Waals surface area contributed by atoms with Crippen molar-refractivity contribution in [3.63, 3.8) is 0 Å². The maximum Gasteiger partial charge on any atom is 0.363 e. The Hall–Kier alpha value is -3.20. The molecule has 0 spiro atoms. The zero-order valence-corrected chi connectivity index (χ0v) is 17.1. The number of imide groups is 1. The third-order valence-electron chi connectivity index (χ3n) is 3.68. The number of carbonyl (C=O) groups excluding carboxylic acids is 3. The fourth-order valence-corrected chi connectivity index (χ4v) is 2.44. The number of hydrogen-bond donors (Lipinski definition) is 2. The fraction of sp³-hybridized carbons (Fsp3) is 0.316. The first kappa shape index (κ1) is 22.1. The van der Waals surface area contributed by atoms with Gasteiger partial charge < -0.3 is 10.1 Å². The normalized spacial score (nSPS) is 11.7. The topological polar surface area (TPSA) is 119 Å². The number of esters is 1. The van der Waals surface area contributed by atoms with Crippen LogP contribution in [-0.4, -0.2) is 39.8 Å². The molecule has 1 heterocycles. The van der Waals surface area contributed by atoms with E-state index < -0.39 is 35.1 Å². The molecule has 1 unspecified atom stereocenters. The van der Waals surface area contributed by atoms with Crippen LogP contribution in [0.2, 0.25) is 5.02 Å². The minimum atomic E-state index is -1.31. The SMILES string of the molecule is Cc1cc(=O)c(C(=O)OC(C)C(=O)NC(=O)NC(C)C)nn1-c1ccc(Cl)cc1. The molecular formula is C19H21ClN4O5. The second-order valence-electron chi connectivity index (χ2n) is 6.55. The van der Waals surface area contributed by atoms with E-state index in [0.717, 1.165) is 0 Å². The molecule has 1 atom stereocenters. The first-order chi connectivity index (χ1) is 13.6. The number of aryl methyl sites for hydroxylation is 1. The molecule has 0 aliphatic heterocycles. The molecule has 9 nitrogen and oxygen atoms in total. The number of ether oxygens (including phenoxy) is 1. The van der Waals surface area contributed by atoms with Crippen molar-refractivity contribution in [3.8, 4) is 5.69 Å². The average Bonchev–Trinajstić information content (AvgIpc) is 2.61. The van der Waals surface area contributed by atoms with Gasteiger partial charge >= 0.3 is 12.0 Å². The monoisotopic (exact) mass is 420 g/mol. The van der Waals surface area contributed by atoms with Gasteiger partial charge in [-0.05, 0) is 52.0 Å². The van der Waals surface area contributed by atoms with Gasteiger partial charge in [0.1, 0.15) is 0 Å². The molecule has 0 saturated carbocycles. The van der Waals surface area contributed by atoms with E-state index in [1.165, 1.54) is 17.7 Å². The minimum Gasteiger partial charge on any atom is -0.448 e. The highest BCUT2D eigenvalue weighted by atomic mass is 35.5. The van der Waals surface area contributed by atoms with Crippen LogP contribution in [0.3, 0.4) is 0 Å². The van der Waals surface area contributed by atoms with Crippen molar-refractivity contribution in [1.82, 2.24) is 20.4 Å². The number of carbonyl (C=O) groups is 3. The largest absolute Gasteiger partial charge is 0.448 e. The number of hydrogen-bond acceptors (Lipinski definition) is 6. The first-order valence-electron chi connectivity index (χ1n) is 8.77. The summed E-state index contributed by atoms with van der Waals surface area (Å²) in [6.45, 7) is 6.38. The highest BCUT2D eigenvalue weighted by Gasteiger charge is 2.24. The van der Waals surface area contributed by atoms with E-state index in [1.54, 1.807) is 45.0 Å². The molecule has 10 heteroatoms. The smallest absolute Gasteiger partial charge is 0.363 e. The Bertz CT molecular complexity index is 985. The van der Waals surface area contributed by atoms with E-state index in [0.29, 0.717) is 16.4 Å². The zero-order valence-electron chi connectivity index (χ0n) is 16.4.